The highest BCUT2D eigenvalue weighted by molar-refractivity contribution is 7.89. The predicted molar refractivity (Wildman–Crippen MR) is 110 cm³/mol. The van der Waals surface area contributed by atoms with Gasteiger partial charge in [-0.25, -0.2) is 13.2 Å². The average molecular weight is 436 g/mol. The molecule has 1 saturated heterocycles. The second kappa shape index (κ2) is 9.07. The zero-order chi connectivity index (χ0) is 21.0. The molecule has 0 saturated carbocycles. The summed E-state index contributed by atoms with van der Waals surface area (Å²) in [6.07, 6.45) is 2.62. The van der Waals surface area contributed by atoms with Crippen molar-refractivity contribution in [3.8, 4) is 0 Å². The minimum Gasteiger partial charge on any atom is -0.454 e. The van der Waals surface area contributed by atoms with Crippen LogP contribution in [-0.4, -0.2) is 44.2 Å². The van der Waals surface area contributed by atoms with Crippen LogP contribution in [0.5, 0.6) is 0 Å². The smallest absolute Gasteiger partial charge is 0.340 e. The molecule has 2 aromatic carbocycles. The zero-order valence-corrected chi connectivity index (χ0v) is 17.6. The number of ether oxygens (including phenoxy) is 1. The van der Waals surface area contributed by atoms with Crippen molar-refractivity contribution < 1.29 is 22.7 Å². The van der Waals surface area contributed by atoms with Gasteiger partial charge in [0.2, 0.25) is 10.0 Å². The highest BCUT2D eigenvalue weighted by atomic mass is 35.5. The number of rotatable bonds is 6. The number of carbonyl (C=O) groups excluding carboxylic acids is 2. The predicted octanol–water partition coefficient (Wildman–Crippen LogP) is 3.86. The number of carbonyl (C=O) groups is 2. The van der Waals surface area contributed by atoms with Gasteiger partial charge in [-0.15, -0.1) is 0 Å². The molecule has 8 heteroatoms. The third kappa shape index (κ3) is 5.04. The van der Waals surface area contributed by atoms with E-state index in [0.717, 1.165) is 24.8 Å². The van der Waals surface area contributed by atoms with Crippen molar-refractivity contribution in [1.29, 1.82) is 0 Å². The Bertz CT molecular complexity index is 1010. The van der Waals surface area contributed by atoms with Gasteiger partial charge in [0.25, 0.3) is 0 Å². The summed E-state index contributed by atoms with van der Waals surface area (Å²) in [5, 5.41) is 0.0652. The van der Waals surface area contributed by atoms with E-state index in [4.69, 9.17) is 16.3 Å². The fourth-order valence-electron chi connectivity index (χ4n) is 3.11. The lowest BCUT2D eigenvalue weighted by molar-refractivity contribution is 0.0474. The fourth-order valence-corrected chi connectivity index (χ4v) is 4.85. The van der Waals surface area contributed by atoms with Crippen LogP contribution in [0.3, 0.4) is 0 Å². The lowest BCUT2D eigenvalue weighted by atomic mass is 10.1. The molecule has 0 N–H and O–H groups in total. The van der Waals surface area contributed by atoms with Gasteiger partial charge in [-0.1, -0.05) is 47.9 Å². The average Bonchev–Trinajstić information content (AvgIpc) is 2.73. The summed E-state index contributed by atoms with van der Waals surface area (Å²) >= 11 is 6.08. The molecule has 1 heterocycles. The van der Waals surface area contributed by atoms with E-state index in [2.05, 4.69) is 0 Å². The molecule has 0 spiro atoms. The highest BCUT2D eigenvalue weighted by Gasteiger charge is 2.27. The van der Waals surface area contributed by atoms with E-state index in [1.54, 1.807) is 24.3 Å². The maximum absolute atomic E-state index is 12.8. The molecule has 0 amide bonds. The van der Waals surface area contributed by atoms with E-state index in [-0.39, 0.29) is 21.3 Å². The minimum atomic E-state index is -3.71. The van der Waals surface area contributed by atoms with Gasteiger partial charge in [-0.05, 0) is 38.0 Å². The number of halogens is 1. The normalized spacial score (nSPS) is 15.1. The Morgan fingerprint density at radius 1 is 1.03 bits per heavy atom. The maximum Gasteiger partial charge on any atom is 0.340 e. The lowest BCUT2D eigenvalue weighted by Gasteiger charge is -2.26. The van der Waals surface area contributed by atoms with E-state index in [1.807, 2.05) is 6.92 Å². The van der Waals surface area contributed by atoms with Crippen molar-refractivity contribution in [2.24, 2.45) is 0 Å². The number of esters is 1. The van der Waals surface area contributed by atoms with E-state index in [1.165, 1.54) is 22.5 Å². The van der Waals surface area contributed by atoms with Crippen LogP contribution in [0.1, 0.15) is 45.5 Å². The van der Waals surface area contributed by atoms with Gasteiger partial charge in [0, 0.05) is 18.7 Å². The fraction of sp³-hybridized carbons (Fsp3) is 0.333. The van der Waals surface area contributed by atoms with Crippen molar-refractivity contribution in [2.75, 3.05) is 19.7 Å². The molecular formula is C21H22ClNO5S. The van der Waals surface area contributed by atoms with Gasteiger partial charge in [-0.3, -0.25) is 4.79 Å². The standard InChI is InChI=1S/C21H22ClNO5S/c1-15-5-7-16(8-6-15)20(24)14-28-21(25)18-13-17(9-10-19(18)22)29(26,27)23-11-3-2-4-12-23/h5-10,13H,2-4,11-12,14H2,1H3. The Balaban J connectivity index is 1.74. The second-order valence-electron chi connectivity index (χ2n) is 6.97. The molecule has 0 aliphatic carbocycles. The molecule has 1 aliphatic heterocycles. The first kappa shape index (κ1) is 21.5. The molecule has 154 valence electrons. The summed E-state index contributed by atoms with van der Waals surface area (Å²) < 4.78 is 32.2. The Morgan fingerprint density at radius 2 is 1.69 bits per heavy atom. The van der Waals surface area contributed by atoms with E-state index >= 15 is 0 Å². The molecule has 6 nitrogen and oxygen atoms in total. The topological polar surface area (TPSA) is 80.8 Å². The zero-order valence-electron chi connectivity index (χ0n) is 16.1. The summed E-state index contributed by atoms with van der Waals surface area (Å²) in [5.74, 6) is -1.20. The summed E-state index contributed by atoms with van der Waals surface area (Å²) in [6.45, 7) is 2.36. The van der Waals surface area contributed by atoms with Gasteiger partial charge in [0.15, 0.2) is 12.4 Å². The first-order valence-corrected chi connectivity index (χ1v) is 11.2. The van der Waals surface area contributed by atoms with Crippen molar-refractivity contribution in [2.45, 2.75) is 31.1 Å². The molecule has 0 aromatic heterocycles. The molecule has 0 atom stereocenters. The number of hydrogen-bond donors (Lipinski definition) is 0. The van der Waals surface area contributed by atoms with Crippen LogP contribution in [0.2, 0.25) is 5.02 Å². The van der Waals surface area contributed by atoms with Crippen molar-refractivity contribution >= 4 is 33.4 Å². The number of piperidine rings is 1. The Morgan fingerprint density at radius 3 is 2.34 bits per heavy atom. The molecule has 0 unspecified atom stereocenters. The van der Waals surface area contributed by atoms with Gasteiger partial charge in [0.05, 0.1) is 15.5 Å². The van der Waals surface area contributed by atoms with E-state index in [9.17, 15) is 18.0 Å². The molecule has 3 rings (SSSR count). The van der Waals surface area contributed by atoms with Crippen LogP contribution in [-0.2, 0) is 14.8 Å². The van der Waals surface area contributed by atoms with Crippen LogP contribution in [0.25, 0.3) is 0 Å². The van der Waals surface area contributed by atoms with Gasteiger partial charge >= 0.3 is 5.97 Å². The van der Waals surface area contributed by atoms with E-state index < -0.39 is 22.6 Å². The van der Waals surface area contributed by atoms with E-state index in [0.29, 0.717) is 18.7 Å². The molecule has 29 heavy (non-hydrogen) atoms. The first-order chi connectivity index (χ1) is 13.8. The summed E-state index contributed by atoms with van der Waals surface area (Å²) in [7, 11) is -3.71. The Hall–Kier alpha value is -2.22. The van der Waals surface area contributed by atoms with Gasteiger partial charge < -0.3 is 4.74 Å². The molecular weight excluding hydrogens is 414 g/mol. The SMILES string of the molecule is Cc1ccc(C(=O)COC(=O)c2cc(S(=O)(=O)N3CCCCC3)ccc2Cl)cc1. The monoisotopic (exact) mass is 435 g/mol. The van der Waals surface area contributed by atoms with Gasteiger partial charge in [-0.2, -0.15) is 4.31 Å². The number of hydrogen-bond acceptors (Lipinski definition) is 5. The van der Waals surface area contributed by atoms with Crippen LogP contribution in [0, 0.1) is 6.92 Å². The third-order valence-corrected chi connectivity index (χ3v) is 7.04. The summed E-state index contributed by atoms with van der Waals surface area (Å²) in [5.41, 5.74) is 1.36. The maximum atomic E-state index is 12.8. The van der Waals surface area contributed by atoms with Crippen LogP contribution >= 0.6 is 11.6 Å². The number of Topliss-reactive ketones (excluding diaryl/α,β-unsaturated/α-hetero) is 1. The molecule has 0 radical (unpaired) electrons. The number of ketones is 1. The minimum absolute atomic E-state index is 0.0133. The molecule has 2 aromatic rings. The van der Waals surface area contributed by atoms with Crippen molar-refractivity contribution in [3.05, 3.63) is 64.2 Å². The van der Waals surface area contributed by atoms with Crippen LogP contribution < -0.4 is 0 Å². The van der Waals surface area contributed by atoms with Crippen LogP contribution in [0.4, 0.5) is 0 Å². The Labute approximate surface area is 175 Å². The van der Waals surface area contributed by atoms with Gasteiger partial charge in [0.1, 0.15) is 0 Å². The highest BCUT2D eigenvalue weighted by Crippen LogP contribution is 2.25. The van der Waals surface area contributed by atoms with Crippen molar-refractivity contribution in [1.82, 2.24) is 4.31 Å². The quantitative estimate of drug-likeness (QED) is 0.508. The molecule has 1 aliphatic rings. The number of aryl methyl sites for hydroxylation is 1. The number of sulfonamides is 1. The number of nitrogens with zero attached hydrogens (tertiary/aromatic N) is 1. The largest absolute Gasteiger partial charge is 0.454 e. The third-order valence-electron chi connectivity index (χ3n) is 4.82. The van der Waals surface area contributed by atoms with Crippen molar-refractivity contribution in [3.63, 3.8) is 0 Å². The molecule has 1 fully saturated rings. The second-order valence-corrected chi connectivity index (χ2v) is 9.32. The lowest BCUT2D eigenvalue weighted by Crippen LogP contribution is -2.35. The van der Waals surface area contributed by atoms with Crippen LogP contribution in [0.15, 0.2) is 47.4 Å². The Kier molecular flexibility index (Phi) is 6.72. The summed E-state index contributed by atoms with van der Waals surface area (Å²) in [6, 6.07) is 10.8. The number of benzene rings is 2. The molecule has 0 bridgehead atoms. The summed E-state index contributed by atoms with van der Waals surface area (Å²) in [4.78, 5) is 24.6. The first-order valence-electron chi connectivity index (χ1n) is 9.36.